The van der Waals surface area contributed by atoms with E-state index in [-0.39, 0.29) is 11.8 Å². The van der Waals surface area contributed by atoms with E-state index in [9.17, 15) is 8.42 Å². The average Bonchev–Trinajstić information content (AvgIpc) is 2.66. The molecule has 0 aliphatic heterocycles. The fourth-order valence-electron chi connectivity index (χ4n) is 2.92. The van der Waals surface area contributed by atoms with E-state index < -0.39 is 10.0 Å². The lowest BCUT2D eigenvalue weighted by molar-refractivity contribution is 0.180. The van der Waals surface area contributed by atoms with Crippen molar-refractivity contribution in [1.82, 2.24) is 20.3 Å². The third-order valence-electron chi connectivity index (χ3n) is 4.31. The van der Waals surface area contributed by atoms with Gasteiger partial charge < -0.3 is 20.3 Å². The second-order valence-electron chi connectivity index (χ2n) is 7.57. The highest BCUT2D eigenvalue weighted by molar-refractivity contribution is 7.88. The number of sulfonamides is 1. The number of likely N-dealkylation sites (N-methyl/N-ethyl adjacent to an activating group) is 1. The fourth-order valence-corrected chi connectivity index (χ4v) is 4.41. The third kappa shape index (κ3) is 11.5. The number of rotatable bonds is 14. The standard InChI is InChI=1S/C21H39N5O3S/c1-6-22-21(23-12-14-26(4)13-9-15-29-5)24-16-19-10-7-8-11-20(19)17-30(27,28)25-18(2)3/h7-8,10-11,18,25H,6,9,12-17H2,1-5H3,(H2,22,23,24). The molecule has 0 aliphatic carbocycles. The van der Waals surface area contributed by atoms with Crippen molar-refractivity contribution in [3.8, 4) is 0 Å². The van der Waals surface area contributed by atoms with Gasteiger partial charge in [-0.25, -0.2) is 18.1 Å². The SMILES string of the molecule is CCNC(=NCc1ccccc1CS(=O)(=O)NC(C)C)NCCN(C)CCCOC. The van der Waals surface area contributed by atoms with Crippen LogP contribution in [-0.2, 0) is 27.1 Å². The molecule has 9 heteroatoms. The summed E-state index contributed by atoms with van der Waals surface area (Å²) in [5, 5.41) is 6.58. The zero-order chi connectivity index (χ0) is 22.4. The Balaban J connectivity index is 2.70. The largest absolute Gasteiger partial charge is 0.385 e. The highest BCUT2D eigenvalue weighted by atomic mass is 32.2. The van der Waals surface area contributed by atoms with Crippen LogP contribution in [0.15, 0.2) is 29.3 Å². The molecular weight excluding hydrogens is 402 g/mol. The molecule has 0 fully saturated rings. The van der Waals surface area contributed by atoms with Crippen LogP contribution in [-0.4, -0.2) is 72.3 Å². The molecule has 0 saturated carbocycles. The van der Waals surface area contributed by atoms with Crippen molar-refractivity contribution < 1.29 is 13.2 Å². The number of hydrogen-bond donors (Lipinski definition) is 3. The Morgan fingerprint density at radius 3 is 2.50 bits per heavy atom. The van der Waals surface area contributed by atoms with Gasteiger partial charge >= 0.3 is 0 Å². The number of ether oxygens (including phenoxy) is 1. The molecule has 0 bridgehead atoms. The van der Waals surface area contributed by atoms with Gasteiger partial charge in [-0.15, -0.1) is 0 Å². The molecule has 1 aromatic carbocycles. The van der Waals surface area contributed by atoms with Crippen LogP contribution < -0.4 is 15.4 Å². The average molecular weight is 442 g/mol. The summed E-state index contributed by atoms with van der Waals surface area (Å²) in [7, 11) is 0.421. The summed E-state index contributed by atoms with van der Waals surface area (Å²) < 4.78 is 32.4. The molecule has 0 heterocycles. The predicted molar refractivity (Wildman–Crippen MR) is 124 cm³/mol. The van der Waals surface area contributed by atoms with Gasteiger partial charge in [-0.2, -0.15) is 0 Å². The number of hydrogen-bond acceptors (Lipinski definition) is 5. The van der Waals surface area contributed by atoms with Crippen LogP contribution >= 0.6 is 0 Å². The van der Waals surface area contributed by atoms with E-state index in [1.54, 1.807) is 7.11 Å². The minimum atomic E-state index is -3.38. The van der Waals surface area contributed by atoms with Gasteiger partial charge in [0, 0.05) is 45.9 Å². The Hall–Kier alpha value is -1.68. The Bertz CT molecular complexity index is 738. The summed E-state index contributed by atoms with van der Waals surface area (Å²) in [5.41, 5.74) is 1.67. The van der Waals surface area contributed by atoms with Crippen molar-refractivity contribution in [3.63, 3.8) is 0 Å². The Kier molecular flexibility index (Phi) is 12.6. The maximum Gasteiger partial charge on any atom is 0.216 e. The van der Waals surface area contributed by atoms with Crippen LogP contribution in [0.25, 0.3) is 0 Å². The van der Waals surface area contributed by atoms with Crippen LogP contribution in [0.2, 0.25) is 0 Å². The van der Waals surface area contributed by atoms with Gasteiger partial charge in [0.05, 0.1) is 12.3 Å². The lowest BCUT2D eigenvalue weighted by atomic mass is 10.1. The van der Waals surface area contributed by atoms with Crippen molar-refractivity contribution in [2.75, 3.05) is 46.9 Å². The first-order valence-corrected chi connectivity index (χ1v) is 12.2. The second-order valence-corrected chi connectivity index (χ2v) is 9.33. The number of guanidine groups is 1. The maximum absolute atomic E-state index is 12.3. The third-order valence-corrected chi connectivity index (χ3v) is 5.83. The minimum Gasteiger partial charge on any atom is -0.385 e. The zero-order valence-electron chi connectivity index (χ0n) is 19.1. The van der Waals surface area contributed by atoms with E-state index in [0.717, 1.165) is 56.3 Å². The quantitative estimate of drug-likeness (QED) is 0.230. The molecule has 1 aromatic rings. The minimum absolute atomic E-state index is 0.0485. The van der Waals surface area contributed by atoms with Gasteiger partial charge in [-0.1, -0.05) is 24.3 Å². The van der Waals surface area contributed by atoms with E-state index in [4.69, 9.17) is 4.74 Å². The van der Waals surface area contributed by atoms with Gasteiger partial charge in [0.15, 0.2) is 5.96 Å². The first-order chi connectivity index (χ1) is 14.3. The van der Waals surface area contributed by atoms with Gasteiger partial charge in [0.2, 0.25) is 10.0 Å². The van der Waals surface area contributed by atoms with Crippen molar-refractivity contribution in [1.29, 1.82) is 0 Å². The lowest BCUT2D eigenvalue weighted by Crippen LogP contribution is -2.41. The second kappa shape index (κ2) is 14.3. The zero-order valence-corrected chi connectivity index (χ0v) is 19.9. The van der Waals surface area contributed by atoms with Gasteiger partial charge in [0.1, 0.15) is 0 Å². The Labute approximate surface area is 182 Å². The summed E-state index contributed by atoms with van der Waals surface area (Å²) in [6.45, 7) is 10.2. The predicted octanol–water partition coefficient (Wildman–Crippen LogP) is 1.54. The lowest BCUT2D eigenvalue weighted by Gasteiger charge is -2.18. The Morgan fingerprint density at radius 2 is 1.87 bits per heavy atom. The molecule has 8 nitrogen and oxygen atoms in total. The van der Waals surface area contributed by atoms with E-state index >= 15 is 0 Å². The maximum atomic E-state index is 12.3. The Morgan fingerprint density at radius 1 is 1.17 bits per heavy atom. The van der Waals surface area contributed by atoms with Crippen molar-refractivity contribution in [3.05, 3.63) is 35.4 Å². The van der Waals surface area contributed by atoms with E-state index in [1.165, 1.54) is 0 Å². The molecule has 0 spiro atoms. The van der Waals surface area contributed by atoms with Crippen LogP contribution in [0, 0.1) is 0 Å². The first kappa shape index (κ1) is 26.4. The van der Waals surface area contributed by atoms with E-state index in [1.807, 2.05) is 45.0 Å². The van der Waals surface area contributed by atoms with Crippen LogP contribution in [0.5, 0.6) is 0 Å². The molecule has 0 saturated heterocycles. The molecular formula is C21H39N5O3S. The number of nitrogens with one attached hydrogen (secondary N) is 3. The number of methoxy groups -OCH3 is 1. The number of benzene rings is 1. The molecule has 0 atom stereocenters. The normalized spacial score (nSPS) is 12.6. The highest BCUT2D eigenvalue weighted by Gasteiger charge is 2.15. The van der Waals surface area contributed by atoms with E-state index in [0.29, 0.717) is 6.54 Å². The molecule has 30 heavy (non-hydrogen) atoms. The topological polar surface area (TPSA) is 95.1 Å². The van der Waals surface area contributed by atoms with Crippen LogP contribution in [0.4, 0.5) is 0 Å². The van der Waals surface area contributed by atoms with Gasteiger partial charge in [-0.3, -0.25) is 0 Å². The van der Waals surface area contributed by atoms with Gasteiger partial charge in [-0.05, 0) is 45.4 Å². The van der Waals surface area contributed by atoms with Gasteiger partial charge in [0.25, 0.3) is 0 Å². The van der Waals surface area contributed by atoms with Crippen molar-refractivity contribution in [2.24, 2.45) is 4.99 Å². The molecule has 0 aromatic heterocycles. The molecule has 0 amide bonds. The number of nitrogens with zero attached hydrogens (tertiary/aromatic N) is 2. The summed E-state index contributed by atoms with van der Waals surface area (Å²) in [6, 6.07) is 7.41. The van der Waals surface area contributed by atoms with Crippen molar-refractivity contribution >= 4 is 16.0 Å². The van der Waals surface area contributed by atoms with Crippen LogP contribution in [0.3, 0.4) is 0 Å². The van der Waals surface area contributed by atoms with Crippen LogP contribution in [0.1, 0.15) is 38.3 Å². The highest BCUT2D eigenvalue weighted by Crippen LogP contribution is 2.13. The smallest absolute Gasteiger partial charge is 0.216 e. The van der Waals surface area contributed by atoms with Crippen molar-refractivity contribution in [2.45, 2.75) is 45.5 Å². The molecule has 0 aliphatic rings. The van der Waals surface area contributed by atoms with E-state index in [2.05, 4.69) is 32.3 Å². The first-order valence-electron chi connectivity index (χ1n) is 10.5. The molecule has 172 valence electrons. The molecule has 0 unspecified atom stereocenters. The summed E-state index contributed by atoms with van der Waals surface area (Å²) in [4.78, 5) is 6.90. The summed E-state index contributed by atoms with van der Waals surface area (Å²) >= 11 is 0. The fraction of sp³-hybridized carbons (Fsp3) is 0.667. The molecule has 0 radical (unpaired) electrons. The molecule has 1 rings (SSSR count). The molecule has 3 N–H and O–H groups in total. The summed E-state index contributed by atoms with van der Waals surface area (Å²) in [6.07, 6.45) is 1.01. The summed E-state index contributed by atoms with van der Waals surface area (Å²) in [5.74, 6) is 0.674. The number of aliphatic imine (C=N–C) groups is 1. The monoisotopic (exact) mass is 441 g/mol.